The van der Waals surface area contributed by atoms with E-state index < -0.39 is 0 Å². The lowest BCUT2D eigenvalue weighted by Gasteiger charge is -2.37. The molecule has 3 unspecified atom stereocenters. The number of nitrogens with two attached hydrogens (primary N) is 1. The van der Waals surface area contributed by atoms with Crippen molar-refractivity contribution >= 4 is 23.5 Å². The summed E-state index contributed by atoms with van der Waals surface area (Å²) < 4.78 is 0. The summed E-state index contributed by atoms with van der Waals surface area (Å²) in [5.41, 5.74) is 6.10. The largest absolute Gasteiger partial charge is 0.271 e. The van der Waals surface area contributed by atoms with Crippen molar-refractivity contribution in [3.63, 3.8) is 0 Å². The molecule has 0 spiro atoms. The van der Waals surface area contributed by atoms with Crippen LogP contribution in [0.1, 0.15) is 49.3 Å². The number of hydrogen-bond acceptors (Lipinski definition) is 4. The van der Waals surface area contributed by atoms with Crippen LogP contribution in [0.25, 0.3) is 0 Å². The van der Waals surface area contributed by atoms with E-state index in [1.165, 1.54) is 41.9 Å². The summed E-state index contributed by atoms with van der Waals surface area (Å²) in [5, 5.41) is 1.23. The van der Waals surface area contributed by atoms with Crippen LogP contribution < -0.4 is 11.3 Å². The quantitative estimate of drug-likeness (QED) is 0.657. The second-order valence-electron chi connectivity index (χ2n) is 5.81. The molecule has 0 bridgehead atoms. The fourth-order valence-corrected chi connectivity index (χ4v) is 6.18. The average molecular weight is 309 g/mol. The number of hydrazine groups is 1. The third-order valence-corrected chi connectivity index (χ3v) is 7.82. The van der Waals surface area contributed by atoms with Gasteiger partial charge in [-0.15, -0.1) is 0 Å². The van der Waals surface area contributed by atoms with E-state index in [2.05, 4.69) is 60.1 Å². The first-order valence-electron chi connectivity index (χ1n) is 7.59. The number of hydrogen-bond donors (Lipinski definition) is 2. The first-order chi connectivity index (χ1) is 9.81. The Kier molecular flexibility index (Phi) is 4.97. The lowest BCUT2D eigenvalue weighted by Crippen LogP contribution is -2.41. The van der Waals surface area contributed by atoms with Crippen molar-refractivity contribution in [2.75, 3.05) is 11.5 Å². The van der Waals surface area contributed by atoms with E-state index in [1.54, 1.807) is 0 Å². The smallest absolute Gasteiger partial charge is 0.0592 e. The van der Waals surface area contributed by atoms with Gasteiger partial charge in [0.05, 0.1) is 6.04 Å². The molecular formula is C16H24N2S2. The highest BCUT2D eigenvalue weighted by molar-refractivity contribution is 8.07. The van der Waals surface area contributed by atoms with Gasteiger partial charge in [-0.2, -0.15) is 23.5 Å². The van der Waals surface area contributed by atoms with Gasteiger partial charge < -0.3 is 0 Å². The molecule has 3 rings (SSSR count). The van der Waals surface area contributed by atoms with Crippen LogP contribution in [0, 0.1) is 0 Å². The first-order valence-corrected chi connectivity index (χ1v) is 9.69. The zero-order valence-corrected chi connectivity index (χ0v) is 13.7. The summed E-state index contributed by atoms with van der Waals surface area (Å²) in [6.45, 7) is 2.35. The van der Waals surface area contributed by atoms with Crippen molar-refractivity contribution in [1.29, 1.82) is 0 Å². The second kappa shape index (κ2) is 6.73. The van der Waals surface area contributed by atoms with Crippen LogP contribution in [0.15, 0.2) is 24.3 Å². The molecule has 1 aromatic carbocycles. The summed E-state index contributed by atoms with van der Waals surface area (Å²) in [7, 11) is 0. The monoisotopic (exact) mass is 308 g/mol. The van der Waals surface area contributed by atoms with Gasteiger partial charge in [0.1, 0.15) is 0 Å². The van der Waals surface area contributed by atoms with Gasteiger partial charge in [-0.05, 0) is 29.9 Å². The molecule has 110 valence electrons. The standard InChI is InChI=1S/C16H24N2S2/c1-11-16(20-10-9-19-11)15(18-17)14-8-3-2-7-13(14)12-5-4-6-12/h2-3,7-8,11-12,15-16,18H,4-6,9-10,17H2,1H3. The molecular weight excluding hydrogens is 284 g/mol. The fourth-order valence-electron chi connectivity index (χ4n) is 3.26. The predicted octanol–water partition coefficient (Wildman–Crippen LogP) is 3.70. The zero-order chi connectivity index (χ0) is 13.9. The van der Waals surface area contributed by atoms with Crippen molar-refractivity contribution in [3.8, 4) is 0 Å². The molecule has 3 N–H and O–H groups in total. The summed E-state index contributed by atoms with van der Waals surface area (Å²) in [4.78, 5) is 0. The highest BCUT2D eigenvalue weighted by Crippen LogP contribution is 2.43. The molecule has 0 aromatic heterocycles. The molecule has 2 nitrogen and oxygen atoms in total. The minimum absolute atomic E-state index is 0.277. The lowest BCUT2D eigenvalue weighted by molar-refractivity contribution is 0.410. The van der Waals surface area contributed by atoms with Gasteiger partial charge in [0.2, 0.25) is 0 Å². The Bertz CT molecular complexity index is 448. The van der Waals surface area contributed by atoms with Crippen molar-refractivity contribution < 1.29 is 0 Å². The average Bonchev–Trinajstić information content (AvgIpc) is 2.41. The van der Waals surface area contributed by atoms with Crippen LogP contribution in [-0.4, -0.2) is 22.0 Å². The van der Waals surface area contributed by atoms with E-state index in [1.807, 2.05) is 0 Å². The van der Waals surface area contributed by atoms with Crippen LogP contribution in [0.5, 0.6) is 0 Å². The molecule has 0 amide bonds. The Balaban J connectivity index is 1.88. The minimum Gasteiger partial charge on any atom is -0.271 e. The highest BCUT2D eigenvalue weighted by Gasteiger charge is 2.33. The minimum atomic E-state index is 0.277. The lowest BCUT2D eigenvalue weighted by atomic mass is 9.77. The third-order valence-electron chi connectivity index (χ3n) is 4.62. The molecule has 20 heavy (non-hydrogen) atoms. The van der Waals surface area contributed by atoms with Gasteiger partial charge in [0.25, 0.3) is 0 Å². The van der Waals surface area contributed by atoms with Gasteiger partial charge in [0, 0.05) is 22.0 Å². The van der Waals surface area contributed by atoms with E-state index in [-0.39, 0.29) is 6.04 Å². The van der Waals surface area contributed by atoms with E-state index >= 15 is 0 Å². The Morgan fingerprint density at radius 3 is 2.60 bits per heavy atom. The van der Waals surface area contributed by atoms with Crippen LogP contribution in [-0.2, 0) is 0 Å². The normalized spacial score (nSPS) is 28.9. The van der Waals surface area contributed by atoms with Gasteiger partial charge in [-0.1, -0.05) is 37.6 Å². The molecule has 1 aromatic rings. The maximum absolute atomic E-state index is 5.95. The Morgan fingerprint density at radius 2 is 1.95 bits per heavy atom. The van der Waals surface area contributed by atoms with Crippen LogP contribution in [0.4, 0.5) is 0 Å². The van der Waals surface area contributed by atoms with Gasteiger partial charge >= 0.3 is 0 Å². The van der Waals surface area contributed by atoms with Crippen molar-refractivity contribution in [2.45, 2.75) is 48.6 Å². The summed E-state index contributed by atoms with van der Waals surface area (Å²) >= 11 is 4.16. The molecule has 0 radical (unpaired) electrons. The Labute approximate surface area is 130 Å². The highest BCUT2D eigenvalue weighted by atomic mass is 32.2. The van der Waals surface area contributed by atoms with E-state index in [0.29, 0.717) is 10.5 Å². The third kappa shape index (κ3) is 2.89. The summed E-state index contributed by atoms with van der Waals surface area (Å²) in [5.74, 6) is 9.22. The maximum atomic E-state index is 5.95. The van der Waals surface area contributed by atoms with E-state index in [0.717, 1.165) is 5.92 Å². The van der Waals surface area contributed by atoms with Gasteiger partial charge in [-0.3, -0.25) is 11.3 Å². The molecule has 2 fully saturated rings. The molecule has 3 atom stereocenters. The Morgan fingerprint density at radius 1 is 1.20 bits per heavy atom. The Hall–Kier alpha value is -0.160. The molecule has 2 aliphatic rings. The van der Waals surface area contributed by atoms with Crippen LogP contribution in [0.2, 0.25) is 0 Å². The van der Waals surface area contributed by atoms with Crippen molar-refractivity contribution in [1.82, 2.24) is 5.43 Å². The number of nitrogens with one attached hydrogen (secondary N) is 1. The molecule has 1 heterocycles. The number of thioether (sulfide) groups is 2. The second-order valence-corrected chi connectivity index (χ2v) is 8.58. The molecule has 1 aliphatic carbocycles. The van der Waals surface area contributed by atoms with Crippen LogP contribution >= 0.6 is 23.5 Å². The van der Waals surface area contributed by atoms with Gasteiger partial charge in [-0.25, -0.2) is 0 Å². The van der Waals surface area contributed by atoms with Crippen molar-refractivity contribution in [3.05, 3.63) is 35.4 Å². The fraction of sp³-hybridized carbons (Fsp3) is 0.625. The molecule has 1 saturated heterocycles. The number of benzene rings is 1. The molecule has 4 heteroatoms. The number of rotatable bonds is 4. The SMILES string of the molecule is CC1SCCSC1C(NN)c1ccccc1C1CCC1. The van der Waals surface area contributed by atoms with E-state index in [9.17, 15) is 0 Å². The molecule has 1 aliphatic heterocycles. The van der Waals surface area contributed by atoms with Crippen LogP contribution in [0.3, 0.4) is 0 Å². The summed E-state index contributed by atoms with van der Waals surface area (Å²) in [6, 6.07) is 9.21. The molecule has 1 saturated carbocycles. The maximum Gasteiger partial charge on any atom is 0.0592 e. The van der Waals surface area contributed by atoms with Crippen molar-refractivity contribution in [2.24, 2.45) is 5.84 Å². The van der Waals surface area contributed by atoms with E-state index in [4.69, 9.17) is 5.84 Å². The predicted molar refractivity (Wildman–Crippen MR) is 91.3 cm³/mol. The zero-order valence-electron chi connectivity index (χ0n) is 12.0. The first kappa shape index (κ1) is 14.8. The topological polar surface area (TPSA) is 38.0 Å². The summed E-state index contributed by atoms with van der Waals surface area (Å²) in [6.07, 6.45) is 4.07. The van der Waals surface area contributed by atoms with Gasteiger partial charge in [0.15, 0.2) is 0 Å².